The fourth-order valence-corrected chi connectivity index (χ4v) is 4.85. The molecule has 178 valence electrons. The molecule has 0 unspecified atom stereocenters. The Morgan fingerprint density at radius 3 is 2.24 bits per heavy atom. The van der Waals surface area contributed by atoms with Gasteiger partial charge < -0.3 is 9.64 Å². The number of amides is 1. The van der Waals surface area contributed by atoms with Crippen LogP contribution in [0.5, 0.6) is 5.75 Å². The molecule has 0 spiro atoms. The maximum atomic E-state index is 13.3. The fraction of sp³-hybridized carbons (Fsp3) is 0.345. The predicted octanol–water partition coefficient (Wildman–Crippen LogP) is 5.41. The Bertz CT molecular complexity index is 1080. The van der Waals surface area contributed by atoms with Crippen molar-refractivity contribution >= 4 is 5.91 Å². The summed E-state index contributed by atoms with van der Waals surface area (Å²) in [4.78, 5) is 16.9. The van der Waals surface area contributed by atoms with Crippen LogP contribution in [0.2, 0.25) is 0 Å². The van der Waals surface area contributed by atoms with Crippen LogP contribution < -0.4 is 4.74 Å². The molecule has 0 aliphatic carbocycles. The molecule has 1 fully saturated rings. The summed E-state index contributed by atoms with van der Waals surface area (Å²) < 4.78 is 18.6. The normalized spacial score (nSPS) is 18.1. The van der Waals surface area contributed by atoms with Crippen LogP contribution in [0.15, 0.2) is 72.8 Å². The molecule has 4 nitrogen and oxygen atoms in total. The molecule has 3 aromatic rings. The minimum Gasteiger partial charge on any atom is -0.497 e. The molecule has 1 heterocycles. The standard InChI is InChI=1S/C29H33FN2O2/c1-21-4-10-25(11-5-21)29-20-31(16-23-8-14-28(34-3)15-9-23)18-26(29)19-32(22(2)33)17-24-6-12-27(30)13-7-24/h4-15,26,29H,16-20H2,1-3H3/t26-,29-/m1/s1. The van der Waals surface area contributed by atoms with E-state index in [1.54, 1.807) is 26.2 Å². The molecule has 1 amide bonds. The Labute approximate surface area is 202 Å². The molecular weight excluding hydrogens is 427 g/mol. The van der Waals surface area contributed by atoms with Gasteiger partial charge in [-0.05, 0) is 53.8 Å². The van der Waals surface area contributed by atoms with Gasteiger partial charge in [-0.15, -0.1) is 0 Å². The zero-order valence-electron chi connectivity index (χ0n) is 20.2. The van der Waals surface area contributed by atoms with Crippen molar-refractivity contribution in [3.63, 3.8) is 0 Å². The molecule has 5 heteroatoms. The van der Waals surface area contributed by atoms with Crippen molar-refractivity contribution in [2.75, 3.05) is 26.7 Å². The van der Waals surface area contributed by atoms with E-state index in [4.69, 9.17) is 4.74 Å². The molecule has 4 rings (SSSR count). The van der Waals surface area contributed by atoms with Crippen molar-refractivity contribution < 1.29 is 13.9 Å². The first-order valence-electron chi connectivity index (χ1n) is 11.8. The number of benzene rings is 3. The lowest BCUT2D eigenvalue weighted by Crippen LogP contribution is -2.35. The SMILES string of the molecule is COc1ccc(CN2C[C@H](CN(Cc3ccc(F)cc3)C(C)=O)[C@@H](c3ccc(C)cc3)C2)cc1. The highest BCUT2D eigenvalue weighted by Crippen LogP contribution is 2.35. The average Bonchev–Trinajstić information content (AvgIpc) is 3.23. The van der Waals surface area contributed by atoms with Crippen LogP contribution >= 0.6 is 0 Å². The summed E-state index contributed by atoms with van der Waals surface area (Å²) in [5, 5.41) is 0. The summed E-state index contributed by atoms with van der Waals surface area (Å²) in [5.74, 6) is 1.29. The zero-order chi connectivity index (χ0) is 24.1. The minimum absolute atomic E-state index is 0.0422. The Morgan fingerprint density at radius 1 is 0.971 bits per heavy atom. The first-order valence-corrected chi connectivity index (χ1v) is 11.8. The molecule has 34 heavy (non-hydrogen) atoms. The molecule has 0 aromatic heterocycles. The molecule has 0 bridgehead atoms. The third-order valence-corrected chi connectivity index (χ3v) is 6.77. The lowest BCUT2D eigenvalue weighted by Gasteiger charge is -2.28. The number of methoxy groups -OCH3 is 1. The van der Waals surface area contributed by atoms with Gasteiger partial charge in [0, 0.05) is 45.6 Å². The van der Waals surface area contributed by atoms with Crippen molar-refractivity contribution in [1.82, 2.24) is 9.80 Å². The number of hydrogen-bond donors (Lipinski definition) is 0. The molecule has 1 aliphatic heterocycles. The van der Waals surface area contributed by atoms with Crippen molar-refractivity contribution in [2.45, 2.75) is 32.9 Å². The van der Waals surface area contributed by atoms with Crippen LogP contribution in [0.25, 0.3) is 0 Å². The molecule has 3 aromatic carbocycles. The maximum absolute atomic E-state index is 13.3. The number of rotatable bonds is 8. The second-order valence-corrected chi connectivity index (χ2v) is 9.35. The largest absolute Gasteiger partial charge is 0.497 e. The van der Waals surface area contributed by atoms with E-state index in [1.807, 2.05) is 17.0 Å². The topological polar surface area (TPSA) is 32.8 Å². The van der Waals surface area contributed by atoms with Crippen molar-refractivity contribution in [3.05, 3.63) is 101 Å². The van der Waals surface area contributed by atoms with Crippen LogP contribution in [0.1, 0.15) is 35.1 Å². The van der Waals surface area contributed by atoms with Gasteiger partial charge >= 0.3 is 0 Å². The van der Waals surface area contributed by atoms with Crippen LogP contribution in [0, 0.1) is 18.7 Å². The summed E-state index contributed by atoms with van der Waals surface area (Å²) in [5.41, 5.74) is 4.75. The second-order valence-electron chi connectivity index (χ2n) is 9.35. The van der Waals surface area contributed by atoms with E-state index in [1.165, 1.54) is 28.8 Å². The fourth-order valence-electron chi connectivity index (χ4n) is 4.85. The van der Waals surface area contributed by atoms with Gasteiger partial charge in [-0.3, -0.25) is 9.69 Å². The molecule has 0 N–H and O–H groups in total. The number of halogens is 1. The number of nitrogens with zero attached hydrogens (tertiary/aromatic N) is 2. The maximum Gasteiger partial charge on any atom is 0.219 e. The molecule has 1 aliphatic rings. The van der Waals surface area contributed by atoms with Gasteiger partial charge in [0.25, 0.3) is 0 Å². The Hall–Kier alpha value is -3.18. The van der Waals surface area contributed by atoms with Gasteiger partial charge in [-0.2, -0.15) is 0 Å². The molecule has 2 atom stereocenters. The number of carbonyl (C=O) groups excluding carboxylic acids is 1. The number of likely N-dealkylation sites (tertiary alicyclic amines) is 1. The summed E-state index contributed by atoms with van der Waals surface area (Å²) in [6.07, 6.45) is 0. The summed E-state index contributed by atoms with van der Waals surface area (Å²) in [6.45, 7) is 7.61. The lowest BCUT2D eigenvalue weighted by molar-refractivity contribution is -0.130. The second kappa shape index (κ2) is 10.8. The number of aryl methyl sites for hydroxylation is 1. The highest BCUT2D eigenvalue weighted by molar-refractivity contribution is 5.73. The Balaban J connectivity index is 1.52. The van der Waals surface area contributed by atoms with E-state index in [-0.39, 0.29) is 11.7 Å². The molecule has 0 saturated carbocycles. The third kappa shape index (κ3) is 6.03. The van der Waals surface area contributed by atoms with Gasteiger partial charge in [0.2, 0.25) is 5.91 Å². The Kier molecular flexibility index (Phi) is 7.63. The van der Waals surface area contributed by atoms with E-state index in [0.717, 1.165) is 30.9 Å². The van der Waals surface area contributed by atoms with E-state index in [2.05, 4.69) is 48.2 Å². The highest BCUT2D eigenvalue weighted by Gasteiger charge is 2.35. The van der Waals surface area contributed by atoms with E-state index < -0.39 is 0 Å². The van der Waals surface area contributed by atoms with Gasteiger partial charge in [0.1, 0.15) is 11.6 Å². The van der Waals surface area contributed by atoms with Gasteiger partial charge in [-0.25, -0.2) is 4.39 Å². The third-order valence-electron chi connectivity index (χ3n) is 6.77. The smallest absolute Gasteiger partial charge is 0.219 e. The van der Waals surface area contributed by atoms with Crippen LogP contribution in [-0.4, -0.2) is 42.5 Å². The van der Waals surface area contributed by atoms with Crippen LogP contribution in [0.4, 0.5) is 4.39 Å². The highest BCUT2D eigenvalue weighted by atomic mass is 19.1. The van der Waals surface area contributed by atoms with E-state index in [0.29, 0.717) is 24.9 Å². The first kappa shape index (κ1) is 24.0. The number of ether oxygens (including phenoxy) is 1. The molecule has 1 saturated heterocycles. The van der Waals surface area contributed by atoms with Gasteiger partial charge in [0.15, 0.2) is 0 Å². The first-order chi connectivity index (χ1) is 16.4. The predicted molar refractivity (Wildman–Crippen MR) is 133 cm³/mol. The summed E-state index contributed by atoms with van der Waals surface area (Å²) >= 11 is 0. The molecular formula is C29H33FN2O2. The number of carbonyl (C=O) groups is 1. The summed E-state index contributed by atoms with van der Waals surface area (Å²) in [6, 6.07) is 23.4. The van der Waals surface area contributed by atoms with E-state index in [9.17, 15) is 9.18 Å². The van der Waals surface area contributed by atoms with Crippen molar-refractivity contribution in [3.8, 4) is 5.75 Å². The average molecular weight is 461 g/mol. The van der Waals surface area contributed by atoms with Crippen molar-refractivity contribution in [1.29, 1.82) is 0 Å². The number of hydrogen-bond acceptors (Lipinski definition) is 3. The van der Waals surface area contributed by atoms with Crippen molar-refractivity contribution in [2.24, 2.45) is 5.92 Å². The van der Waals surface area contributed by atoms with Gasteiger partial charge in [0.05, 0.1) is 7.11 Å². The lowest BCUT2D eigenvalue weighted by atomic mass is 9.88. The quantitative estimate of drug-likeness (QED) is 0.451. The summed E-state index contributed by atoms with van der Waals surface area (Å²) in [7, 11) is 1.68. The van der Waals surface area contributed by atoms with Crippen LogP contribution in [0.3, 0.4) is 0 Å². The molecule has 0 radical (unpaired) electrons. The van der Waals surface area contributed by atoms with Crippen LogP contribution in [-0.2, 0) is 17.9 Å². The van der Waals surface area contributed by atoms with E-state index >= 15 is 0 Å². The monoisotopic (exact) mass is 460 g/mol. The van der Waals surface area contributed by atoms with Gasteiger partial charge in [-0.1, -0.05) is 54.1 Å². The zero-order valence-corrected chi connectivity index (χ0v) is 20.2. The minimum atomic E-state index is -0.262. The Morgan fingerprint density at radius 2 is 1.62 bits per heavy atom.